The molecule has 7 heteroatoms. The average Bonchev–Trinajstić information content (AvgIpc) is 3.25. The highest BCUT2D eigenvalue weighted by molar-refractivity contribution is 14.0. The molecule has 0 aliphatic carbocycles. The van der Waals surface area contributed by atoms with Gasteiger partial charge in [0, 0.05) is 25.2 Å². The lowest BCUT2D eigenvalue weighted by Gasteiger charge is -2.21. The number of guanidine groups is 1. The summed E-state index contributed by atoms with van der Waals surface area (Å²) in [7, 11) is 3.96. The van der Waals surface area contributed by atoms with Gasteiger partial charge in [0.15, 0.2) is 5.96 Å². The maximum absolute atomic E-state index is 5.59. The number of rotatable bonds is 5. The minimum absolute atomic E-state index is 0. The SMILES string of the molecule is CN=C(NCc1coc(-c2ccc(C)cc2)n1)NCC1CCCN1C.I. The molecule has 1 atom stereocenters. The maximum atomic E-state index is 5.59. The zero-order valence-corrected chi connectivity index (χ0v) is 18.0. The lowest BCUT2D eigenvalue weighted by Crippen LogP contribution is -2.43. The van der Waals surface area contributed by atoms with Gasteiger partial charge < -0.3 is 20.0 Å². The lowest BCUT2D eigenvalue weighted by atomic mass is 10.1. The van der Waals surface area contributed by atoms with Crippen LogP contribution in [0.25, 0.3) is 11.5 Å². The minimum Gasteiger partial charge on any atom is -0.444 e. The Labute approximate surface area is 172 Å². The molecule has 0 amide bonds. The van der Waals surface area contributed by atoms with Crippen molar-refractivity contribution in [3.63, 3.8) is 0 Å². The lowest BCUT2D eigenvalue weighted by molar-refractivity contribution is 0.309. The fraction of sp³-hybridized carbons (Fsp3) is 0.474. The average molecular weight is 469 g/mol. The third-order valence-electron chi connectivity index (χ3n) is 4.69. The van der Waals surface area contributed by atoms with Crippen LogP contribution >= 0.6 is 24.0 Å². The Kier molecular flexibility index (Phi) is 7.89. The maximum Gasteiger partial charge on any atom is 0.226 e. The van der Waals surface area contributed by atoms with Crippen molar-refractivity contribution in [3.8, 4) is 11.5 Å². The molecule has 1 aliphatic heterocycles. The highest BCUT2D eigenvalue weighted by Gasteiger charge is 2.20. The summed E-state index contributed by atoms with van der Waals surface area (Å²) in [6.45, 7) is 4.73. The van der Waals surface area contributed by atoms with Crippen molar-refractivity contribution in [2.24, 2.45) is 4.99 Å². The summed E-state index contributed by atoms with van der Waals surface area (Å²) in [4.78, 5) is 11.2. The number of aromatic nitrogens is 1. The van der Waals surface area contributed by atoms with Crippen LogP contribution < -0.4 is 10.6 Å². The normalized spacial score (nSPS) is 17.8. The quantitative estimate of drug-likeness (QED) is 0.401. The fourth-order valence-corrected chi connectivity index (χ4v) is 3.06. The van der Waals surface area contributed by atoms with E-state index < -0.39 is 0 Å². The summed E-state index contributed by atoms with van der Waals surface area (Å²) >= 11 is 0. The first-order valence-electron chi connectivity index (χ1n) is 8.82. The van der Waals surface area contributed by atoms with Crippen LogP contribution in [0.15, 0.2) is 39.9 Å². The molecule has 1 aliphatic rings. The number of benzene rings is 1. The molecular weight excluding hydrogens is 441 g/mol. The van der Waals surface area contributed by atoms with Crippen molar-refractivity contribution in [2.75, 3.05) is 27.2 Å². The molecular formula is C19H28IN5O. The second-order valence-electron chi connectivity index (χ2n) is 6.59. The number of nitrogens with one attached hydrogen (secondary N) is 2. The number of likely N-dealkylation sites (tertiary alicyclic amines) is 1. The van der Waals surface area contributed by atoms with Gasteiger partial charge in [0.25, 0.3) is 0 Å². The number of oxazole rings is 1. The second-order valence-corrected chi connectivity index (χ2v) is 6.59. The molecule has 2 N–H and O–H groups in total. The van der Waals surface area contributed by atoms with E-state index in [1.165, 1.54) is 24.9 Å². The largest absolute Gasteiger partial charge is 0.444 e. The standard InChI is InChI=1S/C19H27N5O.HI/c1-14-6-8-15(9-7-14)18-23-16(13-25-18)11-21-19(20-2)22-12-17-5-4-10-24(17)3;/h6-9,13,17H,4-5,10-12H2,1-3H3,(H2,20,21,22);1H. The van der Waals surface area contributed by atoms with Crippen molar-refractivity contribution in [2.45, 2.75) is 32.4 Å². The van der Waals surface area contributed by atoms with Crippen molar-refractivity contribution < 1.29 is 4.42 Å². The van der Waals surface area contributed by atoms with Gasteiger partial charge in [0.1, 0.15) is 6.26 Å². The molecule has 0 spiro atoms. The number of hydrogen-bond acceptors (Lipinski definition) is 4. The molecule has 1 fully saturated rings. The topological polar surface area (TPSA) is 65.7 Å². The van der Waals surface area contributed by atoms with E-state index in [1.807, 2.05) is 12.1 Å². The predicted molar refractivity (Wildman–Crippen MR) is 116 cm³/mol. The van der Waals surface area contributed by atoms with E-state index in [1.54, 1.807) is 13.3 Å². The van der Waals surface area contributed by atoms with E-state index in [-0.39, 0.29) is 24.0 Å². The molecule has 1 aromatic heterocycles. The van der Waals surface area contributed by atoms with Crippen LogP contribution in [0, 0.1) is 6.92 Å². The monoisotopic (exact) mass is 469 g/mol. The van der Waals surface area contributed by atoms with Crippen LogP contribution in [0.1, 0.15) is 24.1 Å². The number of halogens is 1. The van der Waals surface area contributed by atoms with E-state index in [2.05, 4.69) is 51.6 Å². The third-order valence-corrected chi connectivity index (χ3v) is 4.69. The summed E-state index contributed by atoms with van der Waals surface area (Å²) in [6.07, 6.45) is 4.21. The number of likely N-dealkylation sites (N-methyl/N-ethyl adjacent to an activating group) is 1. The van der Waals surface area contributed by atoms with E-state index in [4.69, 9.17) is 4.42 Å². The highest BCUT2D eigenvalue weighted by atomic mass is 127. The van der Waals surface area contributed by atoms with Crippen LogP contribution in [0.4, 0.5) is 0 Å². The molecule has 1 unspecified atom stereocenters. The van der Waals surface area contributed by atoms with E-state index >= 15 is 0 Å². The molecule has 0 saturated carbocycles. The van der Waals surface area contributed by atoms with Crippen LogP contribution in [-0.4, -0.2) is 49.1 Å². The van der Waals surface area contributed by atoms with Gasteiger partial charge in [-0.1, -0.05) is 17.7 Å². The van der Waals surface area contributed by atoms with E-state index in [9.17, 15) is 0 Å². The van der Waals surface area contributed by atoms with Crippen LogP contribution in [0.2, 0.25) is 0 Å². The molecule has 3 rings (SSSR count). The van der Waals surface area contributed by atoms with Gasteiger partial charge in [-0.3, -0.25) is 4.99 Å². The Balaban J connectivity index is 0.00000243. The van der Waals surface area contributed by atoms with Gasteiger partial charge in [0.2, 0.25) is 5.89 Å². The van der Waals surface area contributed by atoms with Crippen LogP contribution in [-0.2, 0) is 6.54 Å². The summed E-state index contributed by atoms with van der Waals surface area (Å²) in [5.41, 5.74) is 3.07. The molecule has 0 radical (unpaired) electrons. The minimum atomic E-state index is 0. The Morgan fingerprint density at radius 1 is 1.31 bits per heavy atom. The van der Waals surface area contributed by atoms with Crippen molar-refractivity contribution >= 4 is 29.9 Å². The Hall–Kier alpha value is -1.61. The molecule has 2 heterocycles. The molecule has 1 aromatic carbocycles. The number of aryl methyl sites for hydroxylation is 1. The zero-order valence-electron chi connectivity index (χ0n) is 15.7. The van der Waals surface area contributed by atoms with Gasteiger partial charge >= 0.3 is 0 Å². The molecule has 26 heavy (non-hydrogen) atoms. The predicted octanol–water partition coefficient (Wildman–Crippen LogP) is 3.03. The van der Waals surface area contributed by atoms with Crippen LogP contribution in [0.5, 0.6) is 0 Å². The van der Waals surface area contributed by atoms with Gasteiger partial charge in [0.05, 0.1) is 12.2 Å². The van der Waals surface area contributed by atoms with Crippen molar-refractivity contribution in [1.29, 1.82) is 0 Å². The number of nitrogens with zero attached hydrogens (tertiary/aromatic N) is 3. The summed E-state index contributed by atoms with van der Waals surface area (Å²) in [6, 6.07) is 8.75. The number of hydrogen-bond donors (Lipinski definition) is 2. The summed E-state index contributed by atoms with van der Waals surface area (Å²) < 4.78 is 5.59. The number of aliphatic imine (C=N–C) groups is 1. The zero-order chi connectivity index (χ0) is 17.6. The summed E-state index contributed by atoms with van der Waals surface area (Å²) in [5.74, 6) is 1.44. The Morgan fingerprint density at radius 2 is 2.08 bits per heavy atom. The van der Waals surface area contributed by atoms with E-state index in [0.29, 0.717) is 18.5 Å². The van der Waals surface area contributed by atoms with Gasteiger partial charge in [-0.15, -0.1) is 24.0 Å². The second kappa shape index (κ2) is 9.91. The van der Waals surface area contributed by atoms with Gasteiger partial charge in [-0.2, -0.15) is 0 Å². The first-order chi connectivity index (χ1) is 12.2. The first kappa shape index (κ1) is 20.7. The fourth-order valence-electron chi connectivity index (χ4n) is 3.06. The molecule has 2 aromatic rings. The molecule has 1 saturated heterocycles. The highest BCUT2D eigenvalue weighted by Crippen LogP contribution is 2.19. The molecule has 142 valence electrons. The van der Waals surface area contributed by atoms with Crippen molar-refractivity contribution in [1.82, 2.24) is 20.5 Å². The summed E-state index contributed by atoms with van der Waals surface area (Å²) in [5, 5.41) is 6.69. The first-order valence-corrected chi connectivity index (χ1v) is 8.82. The van der Waals surface area contributed by atoms with Gasteiger partial charge in [-0.25, -0.2) is 4.98 Å². The van der Waals surface area contributed by atoms with Gasteiger partial charge in [-0.05, 0) is 45.5 Å². The van der Waals surface area contributed by atoms with Crippen molar-refractivity contribution in [3.05, 3.63) is 41.8 Å². The Morgan fingerprint density at radius 3 is 2.73 bits per heavy atom. The van der Waals surface area contributed by atoms with Crippen LogP contribution in [0.3, 0.4) is 0 Å². The third kappa shape index (κ3) is 5.44. The molecule has 6 nitrogen and oxygen atoms in total. The van der Waals surface area contributed by atoms with E-state index in [0.717, 1.165) is 23.8 Å². The smallest absolute Gasteiger partial charge is 0.226 e. The Bertz CT molecular complexity index is 713. The molecule has 0 bridgehead atoms.